The van der Waals surface area contributed by atoms with Crippen molar-refractivity contribution in [2.75, 3.05) is 0 Å². The molecule has 4 nitrogen and oxygen atoms in total. The Hall–Kier alpha value is -2.36. The van der Waals surface area contributed by atoms with Crippen molar-refractivity contribution in [1.82, 2.24) is 9.55 Å². The van der Waals surface area contributed by atoms with Gasteiger partial charge in [-0.05, 0) is 19.1 Å². The molecule has 0 fully saturated rings. The predicted molar refractivity (Wildman–Crippen MR) is 94.1 cm³/mol. The number of rotatable bonds is 2. The van der Waals surface area contributed by atoms with Gasteiger partial charge >= 0.3 is 0 Å². The van der Waals surface area contributed by atoms with Crippen LogP contribution in [-0.2, 0) is 6.54 Å². The van der Waals surface area contributed by atoms with Crippen molar-refractivity contribution in [2.24, 2.45) is 5.73 Å². The first kappa shape index (κ1) is 17.7. The molecule has 2 N–H and O–H groups in total. The Balaban J connectivity index is 0.000000561. The van der Waals surface area contributed by atoms with Crippen molar-refractivity contribution in [1.29, 1.82) is 0 Å². The maximum Gasteiger partial charge on any atom is 0.268 e. The van der Waals surface area contributed by atoms with Crippen LogP contribution in [0.15, 0.2) is 36.5 Å². The summed E-state index contributed by atoms with van der Waals surface area (Å²) in [4.78, 5) is 15.6. The summed E-state index contributed by atoms with van der Waals surface area (Å²) in [5.74, 6) is -0.486. The van der Waals surface area contributed by atoms with Gasteiger partial charge < -0.3 is 10.3 Å². The number of fused-ring (bicyclic) bond motifs is 3. The largest absolute Gasteiger partial charge is 0.364 e. The van der Waals surface area contributed by atoms with Gasteiger partial charge in [-0.2, -0.15) is 0 Å². The van der Waals surface area contributed by atoms with E-state index in [2.05, 4.69) is 16.5 Å². The first-order valence-corrected chi connectivity index (χ1v) is 7.89. The summed E-state index contributed by atoms with van der Waals surface area (Å²) < 4.78 is 2.17. The lowest BCUT2D eigenvalue weighted by molar-refractivity contribution is 0.0997. The Labute approximate surface area is 132 Å². The van der Waals surface area contributed by atoms with Gasteiger partial charge in [0.15, 0.2) is 0 Å². The van der Waals surface area contributed by atoms with Crippen LogP contribution < -0.4 is 5.73 Å². The predicted octanol–water partition coefficient (Wildman–Crippen LogP) is 4.36. The van der Waals surface area contributed by atoms with E-state index in [4.69, 9.17) is 5.73 Å². The molecule has 3 aromatic rings. The van der Waals surface area contributed by atoms with Gasteiger partial charge in [0, 0.05) is 29.0 Å². The van der Waals surface area contributed by atoms with E-state index in [1.807, 2.05) is 58.0 Å². The molecule has 1 aromatic carbocycles. The van der Waals surface area contributed by atoms with E-state index in [0.717, 1.165) is 28.4 Å². The molecule has 0 saturated carbocycles. The van der Waals surface area contributed by atoms with E-state index in [1.54, 1.807) is 6.20 Å². The molecule has 0 unspecified atom stereocenters. The second-order valence-electron chi connectivity index (χ2n) is 4.18. The van der Waals surface area contributed by atoms with Crippen LogP contribution in [0.3, 0.4) is 0 Å². The summed E-state index contributed by atoms with van der Waals surface area (Å²) >= 11 is 0. The zero-order chi connectivity index (χ0) is 16.7. The molecule has 0 aliphatic heterocycles. The Kier molecular flexibility index (Phi) is 6.57. The second-order valence-corrected chi connectivity index (χ2v) is 4.18. The van der Waals surface area contributed by atoms with Gasteiger partial charge in [-0.25, -0.2) is 0 Å². The summed E-state index contributed by atoms with van der Waals surface area (Å²) in [6, 6.07) is 9.91. The smallest absolute Gasteiger partial charge is 0.268 e. The van der Waals surface area contributed by atoms with E-state index in [0.29, 0.717) is 5.69 Å². The molecule has 0 bridgehead atoms. The lowest BCUT2D eigenvalue weighted by Gasteiger charge is -2.02. The Morgan fingerprint density at radius 3 is 2.32 bits per heavy atom. The first-order valence-electron chi connectivity index (χ1n) is 7.89. The molecule has 1 amide bonds. The molecule has 4 heteroatoms. The molecule has 118 valence electrons. The third-order valence-corrected chi connectivity index (χ3v) is 3.23. The SMILES string of the molecule is CC.CC.CCn1c2ccccc2c2c(C(N)=O)nccc21. The monoisotopic (exact) mass is 299 g/mol. The van der Waals surface area contributed by atoms with Gasteiger partial charge in [0.25, 0.3) is 5.91 Å². The highest BCUT2D eigenvalue weighted by molar-refractivity contribution is 6.16. The van der Waals surface area contributed by atoms with Gasteiger partial charge in [0.1, 0.15) is 5.69 Å². The molecule has 22 heavy (non-hydrogen) atoms. The highest BCUT2D eigenvalue weighted by atomic mass is 16.1. The van der Waals surface area contributed by atoms with E-state index in [1.165, 1.54) is 0 Å². The number of carbonyl (C=O) groups is 1. The van der Waals surface area contributed by atoms with Crippen molar-refractivity contribution in [3.63, 3.8) is 0 Å². The standard InChI is InChI=1S/C14H13N3O.2C2H6/c1-2-17-10-6-4-3-5-9(10)12-11(17)7-8-16-13(12)14(15)18;2*1-2/h3-8H,2H2,1H3,(H2,15,18);2*1-2H3. The summed E-state index contributed by atoms with van der Waals surface area (Å²) in [7, 11) is 0. The summed E-state index contributed by atoms with van der Waals surface area (Å²) in [6.07, 6.45) is 1.63. The molecule has 0 saturated heterocycles. The first-order chi connectivity index (χ1) is 10.7. The van der Waals surface area contributed by atoms with E-state index in [9.17, 15) is 4.79 Å². The highest BCUT2D eigenvalue weighted by Crippen LogP contribution is 2.30. The van der Waals surface area contributed by atoms with Crippen LogP contribution in [0.5, 0.6) is 0 Å². The van der Waals surface area contributed by atoms with Crippen LogP contribution >= 0.6 is 0 Å². The third kappa shape index (κ3) is 2.96. The number of carbonyl (C=O) groups excluding carboxylic acids is 1. The van der Waals surface area contributed by atoms with E-state index >= 15 is 0 Å². The lowest BCUT2D eigenvalue weighted by atomic mass is 10.1. The number of primary amides is 1. The molecule has 0 radical (unpaired) electrons. The maximum atomic E-state index is 11.5. The van der Waals surface area contributed by atoms with Gasteiger partial charge in [-0.15, -0.1) is 0 Å². The quantitative estimate of drug-likeness (QED) is 0.764. The van der Waals surface area contributed by atoms with Gasteiger partial charge in [-0.1, -0.05) is 45.9 Å². The highest BCUT2D eigenvalue weighted by Gasteiger charge is 2.15. The van der Waals surface area contributed by atoms with Gasteiger partial charge in [0.05, 0.1) is 5.52 Å². The van der Waals surface area contributed by atoms with Crippen molar-refractivity contribution >= 4 is 27.7 Å². The number of nitrogens with two attached hydrogens (primary N) is 1. The zero-order valence-electron chi connectivity index (χ0n) is 14.1. The molecular weight excluding hydrogens is 274 g/mol. The van der Waals surface area contributed by atoms with Crippen LogP contribution in [0.25, 0.3) is 21.8 Å². The number of para-hydroxylation sites is 1. The minimum Gasteiger partial charge on any atom is -0.364 e. The number of hydrogen-bond acceptors (Lipinski definition) is 2. The van der Waals surface area contributed by atoms with Crippen LogP contribution in [0, 0.1) is 0 Å². The van der Waals surface area contributed by atoms with Gasteiger partial charge in [0.2, 0.25) is 0 Å². The van der Waals surface area contributed by atoms with E-state index in [-0.39, 0.29) is 0 Å². The molecule has 0 aliphatic rings. The Morgan fingerprint density at radius 2 is 1.73 bits per heavy atom. The fraction of sp³-hybridized carbons (Fsp3) is 0.333. The topological polar surface area (TPSA) is 60.9 Å². The minimum atomic E-state index is -0.486. The number of hydrogen-bond donors (Lipinski definition) is 1. The maximum absolute atomic E-state index is 11.5. The normalized spacial score (nSPS) is 9.68. The molecule has 0 atom stereocenters. The van der Waals surface area contributed by atoms with Crippen molar-refractivity contribution < 1.29 is 4.79 Å². The Morgan fingerprint density at radius 1 is 1.09 bits per heavy atom. The molecule has 0 spiro atoms. The van der Waals surface area contributed by atoms with Crippen LogP contribution in [0.2, 0.25) is 0 Å². The number of nitrogens with zero attached hydrogens (tertiary/aromatic N) is 2. The summed E-state index contributed by atoms with van der Waals surface area (Å²) in [6.45, 7) is 10.9. The average Bonchev–Trinajstić information content (AvgIpc) is 2.92. The number of pyridine rings is 1. The summed E-state index contributed by atoms with van der Waals surface area (Å²) in [5, 5.41) is 1.87. The molecule has 2 aromatic heterocycles. The lowest BCUT2D eigenvalue weighted by Crippen LogP contribution is -2.13. The van der Waals surface area contributed by atoms with Crippen LogP contribution in [0.1, 0.15) is 45.1 Å². The van der Waals surface area contributed by atoms with Crippen LogP contribution in [-0.4, -0.2) is 15.5 Å². The average molecular weight is 299 g/mol. The number of aryl methyl sites for hydroxylation is 1. The fourth-order valence-corrected chi connectivity index (χ4v) is 2.52. The fourth-order valence-electron chi connectivity index (χ4n) is 2.52. The number of benzene rings is 1. The van der Waals surface area contributed by atoms with Crippen LogP contribution in [0.4, 0.5) is 0 Å². The molecular formula is C18H25N3O. The Bertz CT molecular complexity index is 759. The molecule has 3 rings (SSSR count). The van der Waals surface area contributed by atoms with Crippen molar-refractivity contribution in [3.05, 3.63) is 42.2 Å². The van der Waals surface area contributed by atoms with E-state index < -0.39 is 5.91 Å². The minimum absolute atomic E-state index is 0.343. The van der Waals surface area contributed by atoms with Crippen molar-refractivity contribution in [2.45, 2.75) is 41.2 Å². The summed E-state index contributed by atoms with van der Waals surface area (Å²) in [5.41, 5.74) is 7.86. The molecule has 2 heterocycles. The zero-order valence-corrected chi connectivity index (χ0v) is 14.1. The molecule has 0 aliphatic carbocycles. The number of aromatic nitrogens is 2. The van der Waals surface area contributed by atoms with Gasteiger partial charge in [-0.3, -0.25) is 9.78 Å². The number of amides is 1. The second kappa shape index (κ2) is 8.17. The van der Waals surface area contributed by atoms with Crippen molar-refractivity contribution in [3.8, 4) is 0 Å². The third-order valence-electron chi connectivity index (χ3n) is 3.23.